The summed E-state index contributed by atoms with van der Waals surface area (Å²) in [6, 6.07) is 5.36. The molecule has 0 aromatic heterocycles. The number of halogens is 1. The van der Waals surface area contributed by atoms with Crippen LogP contribution in [0, 0.1) is 10.1 Å². The summed E-state index contributed by atoms with van der Waals surface area (Å²) in [5.41, 5.74) is 1.06. The van der Waals surface area contributed by atoms with Crippen molar-refractivity contribution in [3.8, 4) is 0 Å². The molecule has 2 rings (SSSR count). The molecule has 1 aromatic rings. The molecule has 0 saturated heterocycles. The van der Waals surface area contributed by atoms with Gasteiger partial charge in [-0.05, 0) is 34.8 Å². The average molecular weight is 299 g/mol. The SMILES string of the molecule is O=[N+]([O-])c1ccc(NC2CCCCC2)c(Br)c1. The second-order valence-corrected chi connectivity index (χ2v) is 5.25. The number of rotatable bonds is 3. The first kappa shape index (κ1) is 12.4. The van der Waals surface area contributed by atoms with Gasteiger partial charge in [0.1, 0.15) is 0 Å². The quantitative estimate of drug-likeness (QED) is 0.675. The Morgan fingerprint density at radius 2 is 2.00 bits per heavy atom. The predicted octanol–water partition coefficient (Wildman–Crippen LogP) is 4.10. The van der Waals surface area contributed by atoms with E-state index in [1.807, 2.05) is 0 Å². The van der Waals surface area contributed by atoms with E-state index in [4.69, 9.17) is 0 Å². The molecule has 0 bridgehead atoms. The fourth-order valence-corrected chi connectivity index (χ4v) is 2.68. The van der Waals surface area contributed by atoms with Crippen molar-refractivity contribution in [3.05, 3.63) is 32.8 Å². The van der Waals surface area contributed by atoms with E-state index < -0.39 is 0 Å². The van der Waals surface area contributed by atoms with Gasteiger partial charge >= 0.3 is 0 Å². The second-order valence-electron chi connectivity index (χ2n) is 4.40. The Labute approximate surface area is 109 Å². The third-order valence-electron chi connectivity index (χ3n) is 3.13. The fraction of sp³-hybridized carbons (Fsp3) is 0.500. The van der Waals surface area contributed by atoms with Gasteiger partial charge in [-0.3, -0.25) is 10.1 Å². The number of anilines is 1. The van der Waals surface area contributed by atoms with E-state index in [0.29, 0.717) is 6.04 Å². The van der Waals surface area contributed by atoms with Gasteiger partial charge in [-0.1, -0.05) is 19.3 Å². The third kappa shape index (κ3) is 3.19. The maximum atomic E-state index is 10.6. The molecular weight excluding hydrogens is 284 g/mol. The van der Waals surface area contributed by atoms with Crippen LogP contribution in [0.4, 0.5) is 11.4 Å². The normalized spacial score (nSPS) is 16.8. The summed E-state index contributed by atoms with van der Waals surface area (Å²) < 4.78 is 0.761. The van der Waals surface area contributed by atoms with Gasteiger partial charge in [-0.2, -0.15) is 0 Å². The van der Waals surface area contributed by atoms with Crippen LogP contribution in [0.3, 0.4) is 0 Å². The molecule has 1 aromatic carbocycles. The summed E-state index contributed by atoms with van der Waals surface area (Å²) in [6.45, 7) is 0. The Bertz CT molecular complexity index is 417. The lowest BCUT2D eigenvalue weighted by Gasteiger charge is -2.24. The van der Waals surface area contributed by atoms with E-state index in [1.54, 1.807) is 12.1 Å². The lowest BCUT2D eigenvalue weighted by Crippen LogP contribution is -2.22. The summed E-state index contributed by atoms with van der Waals surface area (Å²) in [6.07, 6.45) is 6.22. The Morgan fingerprint density at radius 3 is 2.59 bits per heavy atom. The standard InChI is InChI=1S/C12H15BrN2O2/c13-11-8-10(15(16)17)6-7-12(11)14-9-4-2-1-3-5-9/h6-9,14H,1-5H2. The van der Waals surface area contributed by atoms with Crippen LogP contribution in [0.25, 0.3) is 0 Å². The van der Waals surface area contributed by atoms with E-state index in [9.17, 15) is 10.1 Å². The van der Waals surface area contributed by atoms with Gasteiger partial charge < -0.3 is 5.32 Å². The Balaban J connectivity index is 2.08. The summed E-state index contributed by atoms with van der Waals surface area (Å²) in [5, 5.41) is 14.1. The number of nitro groups is 1. The molecule has 1 saturated carbocycles. The van der Waals surface area contributed by atoms with E-state index >= 15 is 0 Å². The molecule has 92 valence electrons. The van der Waals surface area contributed by atoms with Crippen molar-refractivity contribution in [1.29, 1.82) is 0 Å². The van der Waals surface area contributed by atoms with Crippen LogP contribution in [0.2, 0.25) is 0 Å². The zero-order chi connectivity index (χ0) is 12.3. The van der Waals surface area contributed by atoms with Crippen LogP contribution < -0.4 is 5.32 Å². The van der Waals surface area contributed by atoms with Crippen molar-refractivity contribution >= 4 is 27.3 Å². The molecule has 0 radical (unpaired) electrons. The van der Waals surface area contributed by atoms with E-state index in [0.717, 1.165) is 10.2 Å². The van der Waals surface area contributed by atoms with Crippen molar-refractivity contribution < 1.29 is 4.92 Å². The van der Waals surface area contributed by atoms with Crippen molar-refractivity contribution in [2.45, 2.75) is 38.1 Å². The number of non-ortho nitro benzene ring substituents is 1. The summed E-state index contributed by atoms with van der Waals surface area (Å²) >= 11 is 3.38. The molecule has 1 aliphatic rings. The summed E-state index contributed by atoms with van der Waals surface area (Å²) in [4.78, 5) is 10.2. The molecule has 1 N–H and O–H groups in total. The zero-order valence-electron chi connectivity index (χ0n) is 9.49. The van der Waals surface area contributed by atoms with Crippen LogP contribution in [0.1, 0.15) is 32.1 Å². The summed E-state index contributed by atoms with van der Waals surface area (Å²) in [7, 11) is 0. The summed E-state index contributed by atoms with van der Waals surface area (Å²) in [5.74, 6) is 0. The van der Waals surface area contributed by atoms with Gasteiger partial charge in [0.05, 0.1) is 4.92 Å². The number of nitro benzene ring substituents is 1. The topological polar surface area (TPSA) is 55.2 Å². The highest BCUT2D eigenvalue weighted by Crippen LogP contribution is 2.29. The molecular formula is C12H15BrN2O2. The first-order valence-electron chi connectivity index (χ1n) is 5.87. The van der Waals surface area contributed by atoms with Gasteiger partial charge in [0.2, 0.25) is 0 Å². The molecule has 1 fully saturated rings. The van der Waals surface area contributed by atoms with Gasteiger partial charge in [0.25, 0.3) is 5.69 Å². The highest BCUT2D eigenvalue weighted by molar-refractivity contribution is 9.10. The molecule has 0 aliphatic heterocycles. The van der Waals surface area contributed by atoms with Crippen LogP contribution in [-0.2, 0) is 0 Å². The molecule has 17 heavy (non-hydrogen) atoms. The smallest absolute Gasteiger partial charge is 0.270 e. The van der Waals surface area contributed by atoms with Gasteiger partial charge in [-0.15, -0.1) is 0 Å². The van der Waals surface area contributed by atoms with Crippen molar-refractivity contribution in [2.75, 3.05) is 5.32 Å². The lowest BCUT2D eigenvalue weighted by molar-refractivity contribution is -0.384. The van der Waals surface area contributed by atoms with Crippen molar-refractivity contribution in [2.24, 2.45) is 0 Å². The van der Waals surface area contributed by atoms with E-state index in [-0.39, 0.29) is 10.6 Å². The minimum absolute atomic E-state index is 0.117. The van der Waals surface area contributed by atoms with Crippen molar-refractivity contribution in [1.82, 2.24) is 0 Å². The minimum atomic E-state index is -0.380. The largest absolute Gasteiger partial charge is 0.381 e. The highest BCUT2D eigenvalue weighted by Gasteiger charge is 2.15. The van der Waals surface area contributed by atoms with Crippen LogP contribution in [0.15, 0.2) is 22.7 Å². The molecule has 0 spiro atoms. The van der Waals surface area contributed by atoms with E-state index in [1.165, 1.54) is 38.2 Å². The highest BCUT2D eigenvalue weighted by atomic mass is 79.9. The molecule has 0 heterocycles. The van der Waals surface area contributed by atoms with Crippen LogP contribution in [-0.4, -0.2) is 11.0 Å². The van der Waals surface area contributed by atoms with Crippen molar-refractivity contribution in [3.63, 3.8) is 0 Å². The molecule has 5 heteroatoms. The first-order valence-corrected chi connectivity index (χ1v) is 6.66. The number of hydrogen-bond donors (Lipinski definition) is 1. The van der Waals surface area contributed by atoms with Crippen LogP contribution in [0.5, 0.6) is 0 Å². The number of nitrogens with zero attached hydrogens (tertiary/aromatic N) is 1. The molecule has 0 amide bonds. The Morgan fingerprint density at radius 1 is 1.29 bits per heavy atom. The second kappa shape index (κ2) is 5.49. The number of nitrogens with one attached hydrogen (secondary N) is 1. The van der Waals surface area contributed by atoms with Gasteiger partial charge in [0, 0.05) is 28.3 Å². The average Bonchev–Trinajstić information content (AvgIpc) is 2.33. The minimum Gasteiger partial charge on any atom is -0.381 e. The van der Waals surface area contributed by atoms with E-state index in [2.05, 4.69) is 21.2 Å². The fourth-order valence-electron chi connectivity index (χ4n) is 2.20. The molecule has 0 atom stereocenters. The number of benzene rings is 1. The first-order chi connectivity index (χ1) is 8.16. The monoisotopic (exact) mass is 298 g/mol. The van der Waals surface area contributed by atoms with Gasteiger partial charge in [0.15, 0.2) is 0 Å². The van der Waals surface area contributed by atoms with Crippen LogP contribution >= 0.6 is 15.9 Å². The maximum Gasteiger partial charge on any atom is 0.270 e. The maximum absolute atomic E-state index is 10.6. The lowest BCUT2D eigenvalue weighted by atomic mass is 9.95. The predicted molar refractivity (Wildman–Crippen MR) is 71.3 cm³/mol. The van der Waals surface area contributed by atoms with Gasteiger partial charge in [-0.25, -0.2) is 0 Å². The zero-order valence-corrected chi connectivity index (χ0v) is 11.1. The molecule has 0 unspecified atom stereocenters. The Kier molecular flexibility index (Phi) is 3.99. The molecule has 4 nitrogen and oxygen atoms in total. The Hall–Kier alpha value is -1.10. The third-order valence-corrected chi connectivity index (χ3v) is 3.78. The molecule has 1 aliphatic carbocycles. The number of hydrogen-bond acceptors (Lipinski definition) is 3.